The molecule has 2 aromatic carbocycles. The van der Waals surface area contributed by atoms with Crippen molar-refractivity contribution in [1.82, 2.24) is 9.88 Å². The van der Waals surface area contributed by atoms with Gasteiger partial charge in [0.15, 0.2) is 9.84 Å². The monoisotopic (exact) mass is 529 g/mol. The summed E-state index contributed by atoms with van der Waals surface area (Å²) in [6, 6.07) is 16.0. The first-order valence-electron chi connectivity index (χ1n) is 11.9. The molecule has 1 N–H and O–H groups in total. The summed E-state index contributed by atoms with van der Waals surface area (Å²) in [4.78, 5) is 19.7. The van der Waals surface area contributed by atoms with E-state index in [-0.39, 0.29) is 22.3 Å². The van der Waals surface area contributed by atoms with E-state index in [1.165, 1.54) is 18.2 Å². The summed E-state index contributed by atoms with van der Waals surface area (Å²) in [5.74, 6) is 0.0292. The first kappa shape index (κ1) is 25.3. The standard InChI is InChI=1S/C27H26F3N3O3S/c1-37(35,36)21-8-9-22(18-5-3-2-4-6-18)23(13-21)25(34)33-17-26(11-12-26)14-20(33)16-32-24-10-7-19(15-31-24)27(28,29)30/h2-10,13,15,20H,11-12,14,16-17H2,1H3,(H,31,32)/t20-/m0/s1. The van der Waals surface area contributed by atoms with Gasteiger partial charge in [0, 0.05) is 37.1 Å². The summed E-state index contributed by atoms with van der Waals surface area (Å²) in [5, 5.41) is 3.08. The lowest BCUT2D eigenvalue weighted by molar-refractivity contribution is -0.137. The van der Waals surface area contributed by atoms with Crippen molar-refractivity contribution in [3.05, 3.63) is 78.0 Å². The number of carbonyl (C=O) groups excluding carboxylic acids is 1. The molecule has 0 bridgehead atoms. The second kappa shape index (κ2) is 9.16. The Balaban J connectivity index is 1.43. The first-order valence-corrected chi connectivity index (χ1v) is 13.8. The van der Waals surface area contributed by atoms with Crippen LogP contribution in [-0.2, 0) is 16.0 Å². The van der Waals surface area contributed by atoms with E-state index in [2.05, 4.69) is 10.3 Å². The Labute approximate surface area is 213 Å². The number of nitrogens with zero attached hydrogens (tertiary/aromatic N) is 2. The van der Waals surface area contributed by atoms with Gasteiger partial charge in [0.2, 0.25) is 0 Å². The number of sulfone groups is 1. The van der Waals surface area contributed by atoms with Crippen LogP contribution in [0.3, 0.4) is 0 Å². The van der Waals surface area contributed by atoms with Gasteiger partial charge in [0.25, 0.3) is 5.91 Å². The number of hydrogen-bond acceptors (Lipinski definition) is 5. The van der Waals surface area contributed by atoms with E-state index < -0.39 is 21.6 Å². The Kier molecular flexibility index (Phi) is 6.26. The molecule has 1 saturated heterocycles. The zero-order valence-electron chi connectivity index (χ0n) is 20.1. The SMILES string of the molecule is CS(=O)(=O)c1ccc(-c2ccccc2)c(C(=O)N2CC3(CC3)C[C@H]2CNc2ccc(C(F)(F)F)cn2)c1. The zero-order valence-corrected chi connectivity index (χ0v) is 20.9. The normalized spacial score (nSPS) is 18.7. The number of aromatic nitrogens is 1. The van der Waals surface area contributed by atoms with E-state index in [4.69, 9.17) is 0 Å². The molecule has 1 amide bonds. The Morgan fingerprint density at radius 3 is 2.43 bits per heavy atom. The number of rotatable bonds is 6. The molecule has 10 heteroatoms. The van der Waals surface area contributed by atoms with E-state index in [1.54, 1.807) is 11.0 Å². The number of amides is 1. The Morgan fingerprint density at radius 2 is 1.84 bits per heavy atom. The van der Waals surface area contributed by atoms with Crippen LogP contribution in [0.25, 0.3) is 11.1 Å². The number of hydrogen-bond donors (Lipinski definition) is 1. The van der Waals surface area contributed by atoms with Crippen LogP contribution in [-0.4, -0.2) is 49.6 Å². The van der Waals surface area contributed by atoms with Crippen molar-refractivity contribution >= 4 is 21.6 Å². The lowest BCUT2D eigenvalue weighted by Crippen LogP contribution is -2.40. The molecular formula is C27H26F3N3O3S. The number of likely N-dealkylation sites (tertiary alicyclic amines) is 1. The predicted octanol–water partition coefficient (Wildman–Crippen LogP) is 5.28. The third-order valence-electron chi connectivity index (χ3n) is 7.18. The average Bonchev–Trinajstić information content (AvgIpc) is 3.52. The third kappa shape index (κ3) is 5.34. The number of nitrogens with one attached hydrogen (secondary N) is 1. The van der Waals surface area contributed by atoms with Gasteiger partial charge >= 0.3 is 6.18 Å². The number of halogens is 3. The molecule has 2 fully saturated rings. The van der Waals surface area contributed by atoms with Gasteiger partial charge in [-0.05, 0) is 60.1 Å². The number of benzene rings is 2. The molecule has 1 spiro atoms. The Bertz CT molecular complexity index is 1420. The fraction of sp³-hybridized carbons (Fsp3) is 0.333. The largest absolute Gasteiger partial charge is 0.417 e. The minimum absolute atomic E-state index is 0.0386. The molecule has 2 aliphatic rings. The molecule has 194 valence electrons. The molecule has 3 aromatic rings. The third-order valence-corrected chi connectivity index (χ3v) is 8.29. The minimum atomic E-state index is -4.46. The second-order valence-corrected chi connectivity index (χ2v) is 12.0. The second-order valence-electron chi connectivity index (χ2n) is 9.95. The van der Waals surface area contributed by atoms with Crippen LogP contribution in [0.4, 0.5) is 19.0 Å². The molecule has 1 aromatic heterocycles. The summed E-state index contributed by atoms with van der Waals surface area (Å²) in [6.45, 7) is 0.869. The highest BCUT2D eigenvalue weighted by Gasteiger charge is 2.53. The maximum absolute atomic E-state index is 14.0. The first-order chi connectivity index (χ1) is 17.5. The van der Waals surface area contributed by atoms with Gasteiger partial charge < -0.3 is 10.2 Å². The van der Waals surface area contributed by atoms with Crippen molar-refractivity contribution in [3.63, 3.8) is 0 Å². The van der Waals surface area contributed by atoms with Crippen LogP contribution in [0.1, 0.15) is 35.2 Å². The molecule has 5 rings (SSSR count). The molecule has 0 radical (unpaired) electrons. The predicted molar refractivity (Wildman–Crippen MR) is 134 cm³/mol. The van der Waals surface area contributed by atoms with Crippen LogP contribution in [0.5, 0.6) is 0 Å². The molecule has 1 aliphatic heterocycles. The molecule has 1 aliphatic carbocycles. The smallest absolute Gasteiger partial charge is 0.368 e. The lowest BCUT2D eigenvalue weighted by Gasteiger charge is -2.26. The molecule has 6 nitrogen and oxygen atoms in total. The minimum Gasteiger partial charge on any atom is -0.368 e. The average molecular weight is 530 g/mol. The number of alkyl halides is 3. The van der Waals surface area contributed by atoms with Crippen molar-refractivity contribution in [2.24, 2.45) is 5.41 Å². The number of anilines is 1. The number of carbonyl (C=O) groups is 1. The molecular weight excluding hydrogens is 503 g/mol. The highest BCUT2D eigenvalue weighted by Crippen LogP contribution is 2.55. The summed E-state index contributed by atoms with van der Waals surface area (Å²) >= 11 is 0. The van der Waals surface area contributed by atoms with E-state index in [9.17, 15) is 26.4 Å². The molecule has 37 heavy (non-hydrogen) atoms. The van der Waals surface area contributed by atoms with Crippen molar-refractivity contribution in [2.75, 3.05) is 24.7 Å². The molecule has 1 saturated carbocycles. The van der Waals surface area contributed by atoms with Gasteiger partial charge in [-0.2, -0.15) is 13.2 Å². The Morgan fingerprint density at radius 1 is 1.11 bits per heavy atom. The van der Waals surface area contributed by atoms with Gasteiger partial charge in [-0.1, -0.05) is 36.4 Å². The van der Waals surface area contributed by atoms with Gasteiger partial charge in [-0.3, -0.25) is 4.79 Å². The Hall–Kier alpha value is -3.40. The van der Waals surface area contributed by atoms with Gasteiger partial charge in [0.1, 0.15) is 5.82 Å². The maximum atomic E-state index is 14.0. The van der Waals surface area contributed by atoms with Crippen LogP contribution in [0.15, 0.2) is 71.8 Å². The maximum Gasteiger partial charge on any atom is 0.417 e. The van der Waals surface area contributed by atoms with E-state index in [1.807, 2.05) is 30.3 Å². The summed E-state index contributed by atoms with van der Waals surface area (Å²) in [5.41, 5.74) is 0.966. The fourth-order valence-corrected chi connectivity index (χ4v) is 5.61. The van der Waals surface area contributed by atoms with E-state index in [0.717, 1.165) is 43.3 Å². The quantitative estimate of drug-likeness (QED) is 0.470. The van der Waals surface area contributed by atoms with Gasteiger partial charge in [-0.15, -0.1) is 0 Å². The van der Waals surface area contributed by atoms with Crippen molar-refractivity contribution in [3.8, 4) is 11.1 Å². The van der Waals surface area contributed by atoms with E-state index in [0.29, 0.717) is 30.0 Å². The zero-order chi connectivity index (χ0) is 26.4. The lowest BCUT2D eigenvalue weighted by atomic mass is 9.98. The van der Waals surface area contributed by atoms with Gasteiger partial charge in [0.05, 0.1) is 10.5 Å². The van der Waals surface area contributed by atoms with Crippen LogP contribution < -0.4 is 5.32 Å². The summed E-state index contributed by atoms with van der Waals surface area (Å²) in [7, 11) is -3.54. The van der Waals surface area contributed by atoms with Gasteiger partial charge in [-0.25, -0.2) is 13.4 Å². The fourth-order valence-electron chi connectivity index (χ4n) is 4.97. The van der Waals surface area contributed by atoms with E-state index >= 15 is 0 Å². The molecule has 2 heterocycles. The van der Waals surface area contributed by atoms with Crippen LogP contribution in [0.2, 0.25) is 0 Å². The molecule has 0 unspecified atom stereocenters. The van der Waals surface area contributed by atoms with Crippen LogP contribution in [0, 0.1) is 5.41 Å². The summed E-state index contributed by atoms with van der Waals surface area (Å²) in [6.07, 6.45) is 0.193. The highest BCUT2D eigenvalue weighted by molar-refractivity contribution is 7.90. The van der Waals surface area contributed by atoms with Crippen molar-refractivity contribution in [1.29, 1.82) is 0 Å². The van der Waals surface area contributed by atoms with Crippen molar-refractivity contribution < 1.29 is 26.4 Å². The summed E-state index contributed by atoms with van der Waals surface area (Å²) < 4.78 is 63.2. The number of pyridine rings is 1. The highest BCUT2D eigenvalue weighted by atomic mass is 32.2. The topological polar surface area (TPSA) is 79.4 Å². The molecule has 1 atom stereocenters. The van der Waals surface area contributed by atoms with Crippen LogP contribution >= 0.6 is 0 Å². The van der Waals surface area contributed by atoms with Crippen molar-refractivity contribution in [2.45, 2.75) is 36.4 Å².